The molecule has 0 unspecified atom stereocenters. The zero-order valence-corrected chi connectivity index (χ0v) is 11.1. The Labute approximate surface area is 111 Å². The highest BCUT2D eigenvalue weighted by molar-refractivity contribution is 7.99. The zero-order valence-electron chi connectivity index (χ0n) is 10.3. The summed E-state index contributed by atoms with van der Waals surface area (Å²) >= 11 is 1.49. The minimum atomic E-state index is 0.511. The van der Waals surface area contributed by atoms with Crippen LogP contribution in [0.2, 0.25) is 0 Å². The van der Waals surface area contributed by atoms with Gasteiger partial charge >= 0.3 is 0 Å². The van der Waals surface area contributed by atoms with Crippen molar-refractivity contribution >= 4 is 17.4 Å². The van der Waals surface area contributed by atoms with E-state index in [1.165, 1.54) is 22.9 Å². The molecule has 0 atom stereocenters. The molecule has 0 radical (unpaired) electrons. The van der Waals surface area contributed by atoms with E-state index in [2.05, 4.69) is 43.1 Å². The maximum Gasteiger partial charge on any atom is 0.119 e. The van der Waals surface area contributed by atoms with Gasteiger partial charge < -0.3 is 5.73 Å². The van der Waals surface area contributed by atoms with Crippen LogP contribution in [0.4, 0.5) is 5.69 Å². The van der Waals surface area contributed by atoms with Gasteiger partial charge in [-0.1, -0.05) is 29.5 Å². The Bertz CT molecular complexity index is 629. The van der Waals surface area contributed by atoms with Gasteiger partial charge in [0.1, 0.15) is 11.1 Å². The van der Waals surface area contributed by atoms with Crippen LogP contribution < -0.4 is 5.73 Å². The van der Waals surface area contributed by atoms with Crippen molar-refractivity contribution < 1.29 is 0 Å². The lowest BCUT2D eigenvalue weighted by molar-refractivity contribution is 1.11. The second-order valence-electron chi connectivity index (χ2n) is 4.10. The normalized spacial score (nSPS) is 10.1. The number of benzene rings is 1. The van der Waals surface area contributed by atoms with Crippen molar-refractivity contribution in [1.29, 1.82) is 5.26 Å². The molecule has 0 aliphatic carbocycles. The summed E-state index contributed by atoms with van der Waals surface area (Å²) in [5.41, 5.74) is 9.06. The Kier molecular flexibility index (Phi) is 3.54. The molecule has 0 aliphatic heterocycles. The van der Waals surface area contributed by atoms with Crippen LogP contribution in [0, 0.1) is 25.2 Å². The fraction of sp³-hybridized carbons (Fsp3) is 0.143. The number of hydrogen-bond donors (Lipinski definition) is 1. The number of aromatic nitrogens is 1. The van der Waals surface area contributed by atoms with Crippen LogP contribution in [0.3, 0.4) is 0 Å². The van der Waals surface area contributed by atoms with Gasteiger partial charge in [0.15, 0.2) is 0 Å². The van der Waals surface area contributed by atoms with Crippen molar-refractivity contribution in [1.82, 2.24) is 4.98 Å². The molecule has 1 aromatic heterocycles. The fourth-order valence-electron chi connectivity index (χ4n) is 1.65. The molecule has 0 saturated heterocycles. The first kappa shape index (κ1) is 12.5. The first-order valence-corrected chi connectivity index (χ1v) is 6.32. The number of nitrogen functional groups attached to an aromatic ring is 1. The summed E-state index contributed by atoms with van der Waals surface area (Å²) in [6, 6.07) is 10.00. The first-order valence-electron chi connectivity index (χ1n) is 5.51. The first-order chi connectivity index (χ1) is 8.60. The SMILES string of the molecule is Cc1ccc(Sc2ncc(N)cc2C#N)c(C)c1. The van der Waals surface area contributed by atoms with E-state index in [0.717, 1.165) is 4.90 Å². The van der Waals surface area contributed by atoms with E-state index in [9.17, 15) is 0 Å². The van der Waals surface area contributed by atoms with Crippen molar-refractivity contribution in [2.24, 2.45) is 0 Å². The van der Waals surface area contributed by atoms with Gasteiger partial charge in [0, 0.05) is 4.90 Å². The maximum absolute atomic E-state index is 9.08. The lowest BCUT2D eigenvalue weighted by Crippen LogP contribution is -1.92. The molecule has 2 rings (SSSR count). The molecule has 2 aromatic rings. The lowest BCUT2D eigenvalue weighted by Gasteiger charge is -2.07. The Balaban J connectivity index is 2.37. The third-order valence-electron chi connectivity index (χ3n) is 2.53. The second kappa shape index (κ2) is 5.11. The zero-order chi connectivity index (χ0) is 13.1. The van der Waals surface area contributed by atoms with E-state index in [1.54, 1.807) is 12.3 Å². The van der Waals surface area contributed by atoms with Gasteiger partial charge in [-0.25, -0.2) is 4.98 Å². The molecule has 0 bridgehead atoms. The smallest absolute Gasteiger partial charge is 0.119 e. The summed E-state index contributed by atoms with van der Waals surface area (Å²) < 4.78 is 0. The second-order valence-corrected chi connectivity index (χ2v) is 5.13. The molecule has 0 fully saturated rings. The van der Waals surface area contributed by atoms with Crippen molar-refractivity contribution in [3.8, 4) is 6.07 Å². The van der Waals surface area contributed by atoms with Gasteiger partial charge in [-0.15, -0.1) is 0 Å². The Morgan fingerprint density at radius 3 is 2.72 bits per heavy atom. The van der Waals surface area contributed by atoms with Gasteiger partial charge in [-0.05, 0) is 31.5 Å². The van der Waals surface area contributed by atoms with Crippen LogP contribution in [0.15, 0.2) is 40.4 Å². The molecule has 2 N–H and O–H groups in total. The molecule has 0 amide bonds. The predicted molar refractivity (Wildman–Crippen MR) is 73.4 cm³/mol. The fourth-order valence-corrected chi connectivity index (χ4v) is 2.53. The van der Waals surface area contributed by atoms with Gasteiger partial charge in [0.2, 0.25) is 0 Å². The van der Waals surface area contributed by atoms with Crippen LogP contribution in [-0.4, -0.2) is 4.98 Å². The number of anilines is 1. The third kappa shape index (κ3) is 2.63. The molecular formula is C14H13N3S. The summed E-state index contributed by atoms with van der Waals surface area (Å²) in [7, 11) is 0. The molecule has 1 aromatic carbocycles. The minimum absolute atomic E-state index is 0.511. The molecule has 3 nitrogen and oxygen atoms in total. The van der Waals surface area contributed by atoms with Crippen LogP contribution in [0.5, 0.6) is 0 Å². The Morgan fingerprint density at radius 1 is 1.28 bits per heavy atom. The topological polar surface area (TPSA) is 62.7 Å². The van der Waals surface area contributed by atoms with E-state index in [4.69, 9.17) is 11.0 Å². The molecular weight excluding hydrogens is 242 g/mol. The van der Waals surface area contributed by atoms with E-state index in [-0.39, 0.29) is 0 Å². The minimum Gasteiger partial charge on any atom is -0.397 e. The Morgan fingerprint density at radius 2 is 2.06 bits per heavy atom. The van der Waals surface area contributed by atoms with Crippen LogP contribution in [-0.2, 0) is 0 Å². The van der Waals surface area contributed by atoms with Crippen molar-refractivity contribution in [2.75, 3.05) is 5.73 Å². The standard InChI is InChI=1S/C14H13N3S/c1-9-3-4-13(10(2)5-9)18-14-11(7-15)6-12(16)8-17-14/h3-6,8H,16H2,1-2H3. The average molecular weight is 255 g/mol. The molecule has 18 heavy (non-hydrogen) atoms. The van der Waals surface area contributed by atoms with Crippen LogP contribution in [0.25, 0.3) is 0 Å². The highest BCUT2D eigenvalue weighted by Gasteiger charge is 2.08. The summed E-state index contributed by atoms with van der Waals surface area (Å²) in [5.74, 6) is 0. The molecule has 0 spiro atoms. The summed E-state index contributed by atoms with van der Waals surface area (Å²) in [4.78, 5) is 5.33. The number of rotatable bonds is 2. The molecule has 4 heteroatoms. The molecule has 90 valence electrons. The Hall–Kier alpha value is -1.99. The third-order valence-corrected chi connectivity index (χ3v) is 3.73. The lowest BCUT2D eigenvalue weighted by atomic mass is 10.2. The van der Waals surface area contributed by atoms with E-state index in [0.29, 0.717) is 16.3 Å². The highest BCUT2D eigenvalue weighted by Crippen LogP contribution is 2.31. The maximum atomic E-state index is 9.08. The van der Waals surface area contributed by atoms with Gasteiger partial charge in [-0.2, -0.15) is 5.26 Å². The van der Waals surface area contributed by atoms with E-state index in [1.807, 2.05) is 0 Å². The van der Waals surface area contributed by atoms with Gasteiger partial charge in [0.05, 0.1) is 17.4 Å². The summed E-state index contributed by atoms with van der Waals surface area (Å²) in [6.45, 7) is 4.11. The molecule has 0 saturated carbocycles. The van der Waals surface area contributed by atoms with Crippen molar-refractivity contribution in [3.63, 3.8) is 0 Å². The van der Waals surface area contributed by atoms with Gasteiger partial charge in [0.25, 0.3) is 0 Å². The number of nitriles is 1. The number of nitrogens with zero attached hydrogens (tertiary/aromatic N) is 2. The van der Waals surface area contributed by atoms with E-state index >= 15 is 0 Å². The van der Waals surface area contributed by atoms with E-state index < -0.39 is 0 Å². The van der Waals surface area contributed by atoms with Crippen molar-refractivity contribution in [2.45, 2.75) is 23.8 Å². The van der Waals surface area contributed by atoms with Crippen LogP contribution >= 0.6 is 11.8 Å². The highest BCUT2D eigenvalue weighted by atomic mass is 32.2. The van der Waals surface area contributed by atoms with Gasteiger partial charge in [-0.3, -0.25) is 0 Å². The van der Waals surface area contributed by atoms with Crippen LogP contribution in [0.1, 0.15) is 16.7 Å². The van der Waals surface area contributed by atoms with Crippen molar-refractivity contribution in [3.05, 3.63) is 47.2 Å². The monoisotopic (exact) mass is 255 g/mol. The predicted octanol–water partition coefficient (Wildman–Crippen LogP) is 3.30. The summed E-state index contributed by atoms with van der Waals surface area (Å²) in [5, 5.41) is 9.77. The largest absolute Gasteiger partial charge is 0.397 e. The summed E-state index contributed by atoms with van der Waals surface area (Å²) in [6.07, 6.45) is 1.58. The number of pyridine rings is 1. The number of nitrogens with two attached hydrogens (primary N) is 1. The molecule has 1 heterocycles. The number of hydrogen-bond acceptors (Lipinski definition) is 4. The average Bonchev–Trinajstić information content (AvgIpc) is 2.34. The molecule has 0 aliphatic rings. The number of aryl methyl sites for hydroxylation is 2. The quantitative estimate of drug-likeness (QED) is 0.894.